The summed E-state index contributed by atoms with van der Waals surface area (Å²) in [5, 5.41) is 22.4. The maximum absolute atomic E-state index is 11.2. The van der Waals surface area contributed by atoms with Crippen molar-refractivity contribution in [3.63, 3.8) is 0 Å². The minimum absolute atomic E-state index is 0. The summed E-state index contributed by atoms with van der Waals surface area (Å²) >= 11 is 0. The topological polar surface area (TPSA) is 571 Å². The number of hydrogen-bond acceptors (Lipinski definition) is 30. The van der Waals surface area contributed by atoms with Gasteiger partial charge in [0.25, 0.3) is 0 Å². The largest absolute Gasteiger partial charge is 3.00 e. The number of aromatic nitrogens is 6. The van der Waals surface area contributed by atoms with Crippen LogP contribution in [0.2, 0.25) is 0 Å². The summed E-state index contributed by atoms with van der Waals surface area (Å²) in [4.78, 5) is 56.8. The minimum atomic E-state index is -4.94. The average Bonchev–Trinajstić information content (AvgIpc) is 3.32. The van der Waals surface area contributed by atoms with Crippen LogP contribution in [0.4, 0.5) is 0 Å². The molecule has 0 aliphatic heterocycles. The molecule has 6 aromatic heterocycles. The zero-order chi connectivity index (χ0) is 58.6. The van der Waals surface area contributed by atoms with Gasteiger partial charge >= 0.3 is 33.6 Å². The molecule has 2 N–H and O–H groups in total. The summed E-state index contributed by atoms with van der Waals surface area (Å²) in [5.74, 6) is -2.19. The molecule has 31 nitrogen and oxygen atoms in total. The number of rotatable bonds is 22. The first-order valence-corrected chi connectivity index (χ1v) is 26.5. The van der Waals surface area contributed by atoms with Crippen molar-refractivity contribution >= 4 is 11.9 Å². The monoisotopic (exact) mass is 1310 g/mol. The number of carboxylic acid groups (broad SMARTS) is 2. The molecule has 6 rings (SSSR count). The fourth-order valence-corrected chi connectivity index (χ4v) is 6.11. The van der Waals surface area contributed by atoms with Gasteiger partial charge in [-0.15, -0.1) is 41.0 Å². The number of carboxylic acids is 2. The Labute approximate surface area is 492 Å². The van der Waals surface area contributed by atoms with Crippen LogP contribution >= 0.6 is 0 Å². The van der Waals surface area contributed by atoms with Gasteiger partial charge in [-0.05, 0) is 72.8 Å². The van der Waals surface area contributed by atoms with Gasteiger partial charge in [-0.3, -0.25) is 49.5 Å². The van der Waals surface area contributed by atoms with E-state index >= 15 is 0 Å². The average molecular weight is 1310 g/mol. The SMILES string of the molecule is O.O=C([O-])CN(CCN(Cc1ccccn1)Cc1ccccn1)Cc1ccccn1.O=C([O-])CN(CCN(Cc1ccccn1)Cc1ccccn1)Cc1ccccn1.[Co+3].[Co+3].[O-][Cl+3]([O-])([O-])[O-].[O-][Cl+3]([O-])([O-])[O-].[O-][Cl+3]([O-])([O-])[O-].[O-][Cl+3]([O-])([O-])[O-]. The number of pyridine rings is 6. The minimum Gasteiger partial charge on any atom is -0.549 e. The maximum Gasteiger partial charge on any atom is 3.00 e. The van der Waals surface area contributed by atoms with E-state index in [9.17, 15) is 19.8 Å². The predicted molar refractivity (Wildman–Crippen MR) is 218 cm³/mol. The Hall–Kier alpha value is -4.83. The van der Waals surface area contributed by atoms with Crippen LogP contribution in [0.5, 0.6) is 0 Å². The van der Waals surface area contributed by atoms with Crippen molar-refractivity contribution in [3.05, 3.63) is 181 Å². The van der Waals surface area contributed by atoms with Crippen LogP contribution in [0.3, 0.4) is 0 Å². The van der Waals surface area contributed by atoms with Crippen LogP contribution in [-0.2, 0) is 82.4 Å². The molecule has 0 amide bonds. The Kier molecular flexibility index (Phi) is 43.5. The molecule has 37 heteroatoms. The normalized spacial score (nSPS) is 10.9. The van der Waals surface area contributed by atoms with E-state index < -0.39 is 52.9 Å². The number of aliphatic carboxylic acids is 2. The van der Waals surface area contributed by atoms with E-state index in [4.69, 9.17) is 74.5 Å². The van der Waals surface area contributed by atoms with Gasteiger partial charge in [-0.1, -0.05) is 36.4 Å². The molecule has 6 aromatic rings. The van der Waals surface area contributed by atoms with Gasteiger partial charge in [0.05, 0.1) is 46.1 Å². The second-order valence-electron chi connectivity index (χ2n) is 15.0. The number of hydrogen-bond donors (Lipinski definition) is 0. The van der Waals surface area contributed by atoms with Crippen molar-refractivity contribution in [2.75, 3.05) is 39.3 Å². The van der Waals surface area contributed by atoms with Gasteiger partial charge in [0.15, 0.2) is 0 Å². The zero-order valence-corrected chi connectivity index (χ0v) is 46.8. The van der Waals surface area contributed by atoms with Crippen LogP contribution in [0.25, 0.3) is 0 Å². The molecular weight excluding hydrogens is 1260 g/mol. The first-order valence-electron chi connectivity index (χ1n) is 21.5. The molecule has 81 heavy (non-hydrogen) atoms. The molecule has 0 aliphatic carbocycles. The van der Waals surface area contributed by atoms with Crippen molar-refractivity contribution in [2.45, 2.75) is 39.3 Å². The molecule has 0 aromatic carbocycles. The number of carbonyl (C=O) groups excluding carboxylic acids is 2. The fraction of sp³-hybridized carbons (Fsp3) is 0.273. The molecule has 0 radical (unpaired) electrons. The van der Waals surface area contributed by atoms with Gasteiger partial charge in [-0.25, -0.2) is 74.5 Å². The molecule has 0 fully saturated rings. The Morgan fingerprint density at radius 3 is 0.593 bits per heavy atom. The van der Waals surface area contributed by atoms with E-state index in [0.29, 0.717) is 65.4 Å². The molecule has 448 valence electrons. The molecule has 0 saturated heterocycles. The predicted octanol–water partition coefficient (Wildman–Crippen LogP) is -17.6. The second kappa shape index (κ2) is 43.8. The van der Waals surface area contributed by atoms with Gasteiger partial charge in [0.1, 0.15) is 0 Å². The molecule has 0 aliphatic rings. The molecular formula is C44H50Cl4Co2N10O21. The smallest absolute Gasteiger partial charge is 0.549 e. The van der Waals surface area contributed by atoms with E-state index in [-0.39, 0.29) is 52.1 Å². The van der Waals surface area contributed by atoms with Crippen LogP contribution in [0.15, 0.2) is 146 Å². The standard InChI is InChI=1S/2C22H25N5O2.4ClHO4.2Co.H2O/c2*28-22(29)18-27(17-21-9-3-6-12-25-21)14-13-26(15-19-7-1-4-10-23-19)16-20-8-2-5-11-24-20;4*2-1(3,4)5;;;/h2*1-12H,13-18H2,(H,28,29);4*(H,2,3,4,5);;;1H2/q;;;;;;2*+3;/p-6. The van der Waals surface area contributed by atoms with Crippen LogP contribution in [-0.4, -0.2) is 106 Å². The van der Waals surface area contributed by atoms with Crippen LogP contribution < -0.4 is 84.8 Å². The zero-order valence-electron chi connectivity index (χ0n) is 41.7. The molecule has 0 saturated carbocycles. The maximum atomic E-state index is 11.2. The first-order chi connectivity index (χ1) is 36.4. The summed E-state index contributed by atoms with van der Waals surface area (Å²) in [6.07, 6.45) is 10.5. The van der Waals surface area contributed by atoms with Crippen molar-refractivity contribution in [1.82, 2.24) is 49.5 Å². The van der Waals surface area contributed by atoms with Gasteiger partial charge in [0, 0.05) is 116 Å². The summed E-state index contributed by atoms with van der Waals surface area (Å²) in [6, 6.07) is 34.6. The van der Waals surface area contributed by atoms with Crippen molar-refractivity contribution in [2.24, 2.45) is 0 Å². The molecule has 0 unspecified atom stereocenters. The second-order valence-corrected chi connectivity index (χ2v) is 18.0. The third-order valence-electron chi connectivity index (χ3n) is 8.84. The molecule has 0 spiro atoms. The van der Waals surface area contributed by atoms with Crippen molar-refractivity contribution in [3.8, 4) is 0 Å². The quantitative estimate of drug-likeness (QED) is 0.0609. The van der Waals surface area contributed by atoms with Crippen LogP contribution in [0, 0.1) is 41.0 Å². The first kappa shape index (κ1) is 80.4. The van der Waals surface area contributed by atoms with Crippen molar-refractivity contribution in [1.29, 1.82) is 0 Å². The van der Waals surface area contributed by atoms with E-state index in [1.54, 1.807) is 37.2 Å². The summed E-state index contributed by atoms with van der Waals surface area (Å²) in [5.41, 5.74) is 5.49. The molecule has 6 heterocycles. The Balaban J connectivity index is -0.00000109. The van der Waals surface area contributed by atoms with E-state index in [1.165, 1.54) is 0 Å². The van der Waals surface area contributed by atoms with E-state index in [0.717, 1.165) is 34.2 Å². The Bertz CT molecular complexity index is 2180. The van der Waals surface area contributed by atoms with Gasteiger partial charge in [-0.2, -0.15) is 0 Å². The molecule has 0 bridgehead atoms. The summed E-state index contributed by atoms with van der Waals surface area (Å²) < 4.78 is 136. The van der Waals surface area contributed by atoms with E-state index in [2.05, 4.69) is 39.7 Å². The fourth-order valence-electron chi connectivity index (χ4n) is 6.11. The summed E-state index contributed by atoms with van der Waals surface area (Å²) in [7, 11) is -19.8. The third-order valence-corrected chi connectivity index (χ3v) is 8.84. The van der Waals surface area contributed by atoms with Gasteiger partial charge in [0.2, 0.25) is 0 Å². The Morgan fingerprint density at radius 2 is 0.457 bits per heavy atom. The Morgan fingerprint density at radius 1 is 0.309 bits per heavy atom. The third kappa shape index (κ3) is 55.5. The van der Waals surface area contributed by atoms with Crippen molar-refractivity contribution < 1.29 is 174 Å². The molecule has 0 atom stereocenters. The van der Waals surface area contributed by atoms with Crippen LogP contribution in [0.1, 0.15) is 34.2 Å². The van der Waals surface area contributed by atoms with Gasteiger partial charge < -0.3 is 25.3 Å². The number of halogens is 4. The van der Waals surface area contributed by atoms with E-state index in [1.807, 2.05) is 119 Å². The summed E-state index contributed by atoms with van der Waals surface area (Å²) in [6.45, 7) is 5.68. The number of carbonyl (C=O) groups is 2. The number of nitrogens with zero attached hydrogens (tertiary/aromatic N) is 10.